The van der Waals surface area contributed by atoms with Crippen LogP contribution in [0, 0.1) is 0 Å². The number of fused-ring (bicyclic) bond motifs is 4. The average molecular weight is 841 g/mol. The molecule has 0 aliphatic carbocycles. The topological polar surface area (TPSA) is 8.17 Å². The quantitative estimate of drug-likeness (QED) is 0.141. The van der Waals surface area contributed by atoms with Crippen molar-refractivity contribution in [3.8, 4) is 61.3 Å². The highest BCUT2D eigenvalue weighted by atomic mass is 15.1. The van der Waals surface area contributed by atoms with Crippen LogP contribution in [0.5, 0.6) is 0 Å². The Morgan fingerprint density at radius 3 is 1.55 bits per heavy atom. The van der Waals surface area contributed by atoms with E-state index in [1.54, 1.807) is 0 Å². The third-order valence-corrected chi connectivity index (χ3v) is 13.0. The van der Waals surface area contributed by atoms with Crippen molar-refractivity contribution in [2.75, 3.05) is 4.90 Å². The number of hydrogen-bond donors (Lipinski definition) is 0. The molecule has 0 saturated heterocycles. The predicted molar refractivity (Wildman–Crippen MR) is 280 cm³/mol. The molecule has 0 fully saturated rings. The fourth-order valence-electron chi connectivity index (χ4n) is 9.94. The maximum Gasteiger partial charge on any atom is 0.0562 e. The van der Waals surface area contributed by atoms with E-state index in [1.165, 1.54) is 77.1 Å². The Bertz CT molecular complexity index is 3650. The second-order valence-corrected chi connectivity index (χ2v) is 16.9. The van der Waals surface area contributed by atoms with Gasteiger partial charge < -0.3 is 9.47 Å². The minimum atomic E-state index is 1.07. The van der Waals surface area contributed by atoms with Crippen LogP contribution in [0.3, 0.4) is 0 Å². The lowest BCUT2D eigenvalue weighted by molar-refractivity contribution is 1.18. The highest BCUT2D eigenvalue weighted by molar-refractivity contribution is 6.17. The van der Waals surface area contributed by atoms with Crippen molar-refractivity contribution in [2.24, 2.45) is 0 Å². The normalized spacial score (nSPS) is 11.3. The van der Waals surface area contributed by atoms with Gasteiger partial charge in [-0.2, -0.15) is 0 Å². The summed E-state index contributed by atoms with van der Waals surface area (Å²) < 4.78 is 2.44. The minimum Gasteiger partial charge on any atom is -0.310 e. The van der Waals surface area contributed by atoms with Crippen LogP contribution in [0.4, 0.5) is 17.1 Å². The smallest absolute Gasteiger partial charge is 0.0562 e. The Kier molecular flexibility index (Phi) is 9.89. The molecule has 0 amide bonds. The average Bonchev–Trinajstić information content (AvgIpc) is 3.74. The first kappa shape index (κ1) is 38.9. The van der Waals surface area contributed by atoms with E-state index in [4.69, 9.17) is 0 Å². The fourth-order valence-corrected chi connectivity index (χ4v) is 9.94. The van der Waals surface area contributed by atoms with Crippen LogP contribution in [-0.2, 0) is 0 Å². The number of para-hydroxylation sites is 1. The third kappa shape index (κ3) is 6.93. The molecule has 0 N–H and O–H groups in total. The van der Waals surface area contributed by atoms with E-state index < -0.39 is 0 Å². The molecule has 0 saturated carbocycles. The van der Waals surface area contributed by atoms with Gasteiger partial charge in [0.25, 0.3) is 0 Å². The summed E-state index contributed by atoms with van der Waals surface area (Å²) in [6.45, 7) is 0. The molecule has 0 radical (unpaired) electrons. The second kappa shape index (κ2) is 16.8. The first-order valence-corrected chi connectivity index (χ1v) is 22.7. The van der Waals surface area contributed by atoms with Crippen molar-refractivity contribution in [3.63, 3.8) is 0 Å². The number of nitrogens with zero attached hydrogens (tertiary/aromatic N) is 2. The van der Waals surface area contributed by atoms with Crippen LogP contribution < -0.4 is 4.90 Å². The molecule has 1 heterocycles. The van der Waals surface area contributed by atoms with Gasteiger partial charge in [-0.1, -0.05) is 212 Å². The lowest BCUT2D eigenvalue weighted by Crippen LogP contribution is -2.11. The maximum atomic E-state index is 2.46. The molecule has 2 heteroatoms. The Hall–Kier alpha value is -8.72. The van der Waals surface area contributed by atoms with Crippen LogP contribution in [0.2, 0.25) is 0 Å². The van der Waals surface area contributed by atoms with E-state index in [1.807, 2.05) is 0 Å². The number of aromatic nitrogens is 1. The Balaban J connectivity index is 1.09. The Morgan fingerprint density at radius 2 is 0.848 bits per heavy atom. The summed E-state index contributed by atoms with van der Waals surface area (Å²) >= 11 is 0. The zero-order chi connectivity index (χ0) is 43.8. The molecule has 0 spiro atoms. The van der Waals surface area contributed by atoms with Gasteiger partial charge in [-0.15, -0.1) is 0 Å². The van der Waals surface area contributed by atoms with Crippen LogP contribution in [0.15, 0.2) is 267 Å². The van der Waals surface area contributed by atoms with E-state index >= 15 is 0 Å². The van der Waals surface area contributed by atoms with E-state index in [0.29, 0.717) is 0 Å². The van der Waals surface area contributed by atoms with Crippen molar-refractivity contribution in [2.45, 2.75) is 0 Å². The number of anilines is 3. The number of hydrogen-bond acceptors (Lipinski definition) is 1. The predicted octanol–water partition coefficient (Wildman–Crippen LogP) is 17.7. The van der Waals surface area contributed by atoms with E-state index in [9.17, 15) is 0 Å². The molecule has 11 aromatic carbocycles. The number of rotatable bonds is 9. The molecule has 0 aliphatic heterocycles. The summed E-state index contributed by atoms with van der Waals surface area (Å²) in [5.41, 5.74) is 18.6. The van der Waals surface area contributed by atoms with E-state index in [-0.39, 0.29) is 0 Å². The monoisotopic (exact) mass is 840 g/mol. The van der Waals surface area contributed by atoms with Gasteiger partial charge in [0.15, 0.2) is 0 Å². The largest absolute Gasteiger partial charge is 0.310 e. The van der Waals surface area contributed by atoms with Gasteiger partial charge >= 0.3 is 0 Å². The van der Waals surface area contributed by atoms with Crippen LogP contribution >= 0.6 is 0 Å². The fraction of sp³-hybridized carbons (Fsp3) is 0. The zero-order valence-corrected chi connectivity index (χ0v) is 36.3. The molecule has 0 unspecified atom stereocenters. The minimum absolute atomic E-state index is 1.07. The Morgan fingerprint density at radius 1 is 0.288 bits per heavy atom. The van der Waals surface area contributed by atoms with Crippen LogP contribution in [0.25, 0.3) is 93.9 Å². The van der Waals surface area contributed by atoms with E-state index in [0.717, 1.165) is 33.8 Å². The molecule has 12 aromatic rings. The second-order valence-electron chi connectivity index (χ2n) is 16.9. The van der Waals surface area contributed by atoms with Gasteiger partial charge in [0, 0.05) is 33.4 Å². The molecular weight excluding hydrogens is 797 g/mol. The lowest BCUT2D eigenvalue weighted by atomic mass is 9.91. The molecule has 2 nitrogen and oxygen atoms in total. The van der Waals surface area contributed by atoms with Crippen molar-refractivity contribution in [3.05, 3.63) is 267 Å². The summed E-state index contributed by atoms with van der Waals surface area (Å²) in [5, 5.41) is 4.87. The Labute approximate surface area is 385 Å². The van der Waals surface area contributed by atoms with Gasteiger partial charge in [0.2, 0.25) is 0 Å². The summed E-state index contributed by atoms with van der Waals surface area (Å²) in [6, 6.07) is 96.9. The first-order chi connectivity index (χ1) is 32.8. The molecule has 0 aliphatic rings. The third-order valence-electron chi connectivity index (χ3n) is 13.0. The van der Waals surface area contributed by atoms with Crippen molar-refractivity contribution in [1.29, 1.82) is 0 Å². The summed E-state index contributed by atoms with van der Waals surface area (Å²) in [5.74, 6) is 0. The highest BCUT2D eigenvalue weighted by Crippen LogP contribution is 2.47. The molecule has 0 atom stereocenters. The molecule has 1 aromatic heterocycles. The van der Waals surface area contributed by atoms with Crippen LogP contribution in [0.1, 0.15) is 0 Å². The summed E-state index contributed by atoms with van der Waals surface area (Å²) in [7, 11) is 0. The summed E-state index contributed by atoms with van der Waals surface area (Å²) in [6.07, 6.45) is 0. The number of benzene rings is 11. The highest BCUT2D eigenvalue weighted by Gasteiger charge is 2.23. The molecule has 0 bridgehead atoms. The molecular formula is C64H44N2. The van der Waals surface area contributed by atoms with Crippen LogP contribution in [-0.4, -0.2) is 4.57 Å². The van der Waals surface area contributed by atoms with Crippen molar-refractivity contribution >= 4 is 49.6 Å². The van der Waals surface area contributed by atoms with Gasteiger partial charge in [0.05, 0.1) is 16.7 Å². The van der Waals surface area contributed by atoms with Crippen molar-refractivity contribution in [1.82, 2.24) is 4.57 Å². The van der Waals surface area contributed by atoms with Gasteiger partial charge in [-0.05, 0) is 115 Å². The molecule has 66 heavy (non-hydrogen) atoms. The van der Waals surface area contributed by atoms with Gasteiger partial charge in [-0.25, -0.2) is 0 Å². The SMILES string of the molecule is c1ccc(-c2ccc(-c3ccc(N(c4ccc5c6c(-c7ccccc7)cccc6n(-c6ccccc6)c5c4)c4ccc5ccccc5c4-c4ccccc4)cc3)c(-c3ccccc3)c2)cc1. The molecule has 12 rings (SSSR count). The molecule has 310 valence electrons. The van der Waals surface area contributed by atoms with Gasteiger partial charge in [-0.3, -0.25) is 0 Å². The zero-order valence-electron chi connectivity index (χ0n) is 36.3. The lowest BCUT2D eigenvalue weighted by Gasteiger charge is -2.29. The standard InChI is InChI=1S/C64H44N2/c1-6-19-45(20-7-1)51-35-40-55(59(43-51)47-23-10-3-11-24-47)49-33-37-53(38-34-49)65(61-42-36-48-25-16-17-30-56(48)63(61)50-26-12-4-13-27-50)54-39-41-58-62(44-54)66(52-28-14-5-15-29-52)60-32-18-31-57(64(58)60)46-21-8-2-9-22-46/h1-44H. The first-order valence-electron chi connectivity index (χ1n) is 22.7. The van der Waals surface area contributed by atoms with E-state index in [2.05, 4.69) is 276 Å². The van der Waals surface area contributed by atoms with Gasteiger partial charge in [0.1, 0.15) is 0 Å². The van der Waals surface area contributed by atoms with Crippen molar-refractivity contribution < 1.29 is 0 Å². The summed E-state index contributed by atoms with van der Waals surface area (Å²) in [4.78, 5) is 2.46. The maximum absolute atomic E-state index is 2.46.